The fraction of sp³-hybridized carbons (Fsp3) is 0.478. The van der Waals surface area contributed by atoms with Gasteiger partial charge in [0.15, 0.2) is 0 Å². The second-order valence-electron chi connectivity index (χ2n) is 8.47. The molecule has 2 fully saturated rings. The molecule has 6 nitrogen and oxygen atoms in total. The van der Waals surface area contributed by atoms with Gasteiger partial charge >= 0.3 is 0 Å². The molecule has 2 saturated heterocycles. The lowest BCUT2D eigenvalue weighted by Gasteiger charge is -2.53. The fourth-order valence-electron chi connectivity index (χ4n) is 4.54. The standard InChI is InChI=1S/C23H26N2O4/c1-16-6-17(10-24-9-16)11-28-21-4-5-29-23(8-21)14-25(15-23)22(26)18-2-3-19-12-27-13-20(19)7-18/h2-3,6-7,9-10,21H,4-5,8,11-15H2,1H3/t21-/m0/s1. The van der Waals surface area contributed by atoms with E-state index in [0.717, 1.165) is 35.1 Å². The Kier molecular flexibility index (Phi) is 4.86. The molecule has 152 valence electrons. The Morgan fingerprint density at radius 3 is 2.97 bits per heavy atom. The van der Waals surface area contributed by atoms with E-state index in [1.165, 1.54) is 5.56 Å². The summed E-state index contributed by atoms with van der Waals surface area (Å²) in [4.78, 5) is 19.0. The van der Waals surface area contributed by atoms with E-state index < -0.39 is 0 Å². The van der Waals surface area contributed by atoms with E-state index in [1.54, 1.807) is 0 Å². The zero-order chi connectivity index (χ0) is 19.8. The molecule has 1 aromatic carbocycles. The van der Waals surface area contributed by atoms with E-state index in [9.17, 15) is 4.79 Å². The second-order valence-corrected chi connectivity index (χ2v) is 8.47. The first-order valence-electron chi connectivity index (χ1n) is 10.3. The molecule has 1 spiro atoms. The first-order valence-corrected chi connectivity index (χ1v) is 10.3. The highest BCUT2D eigenvalue weighted by Gasteiger charge is 2.49. The number of amides is 1. The third-order valence-corrected chi connectivity index (χ3v) is 6.08. The molecule has 3 aliphatic rings. The maximum Gasteiger partial charge on any atom is 0.254 e. The zero-order valence-corrected chi connectivity index (χ0v) is 16.7. The minimum absolute atomic E-state index is 0.0720. The number of aryl methyl sites for hydroxylation is 1. The molecule has 0 bridgehead atoms. The molecule has 29 heavy (non-hydrogen) atoms. The fourth-order valence-corrected chi connectivity index (χ4v) is 4.54. The number of fused-ring (bicyclic) bond motifs is 1. The van der Waals surface area contributed by atoms with Gasteiger partial charge in [-0.1, -0.05) is 12.1 Å². The summed E-state index contributed by atoms with van der Waals surface area (Å²) in [5, 5.41) is 0. The molecule has 0 saturated carbocycles. The van der Waals surface area contributed by atoms with Crippen LogP contribution in [-0.2, 0) is 34.0 Å². The van der Waals surface area contributed by atoms with Crippen molar-refractivity contribution >= 4 is 5.91 Å². The van der Waals surface area contributed by atoms with Crippen LogP contribution in [0.15, 0.2) is 36.7 Å². The smallest absolute Gasteiger partial charge is 0.254 e. The van der Waals surface area contributed by atoms with Crippen LogP contribution in [0.4, 0.5) is 0 Å². The van der Waals surface area contributed by atoms with Crippen molar-refractivity contribution < 1.29 is 19.0 Å². The summed E-state index contributed by atoms with van der Waals surface area (Å²) in [5.74, 6) is 0.0720. The number of hydrogen-bond donors (Lipinski definition) is 0. The van der Waals surface area contributed by atoms with Gasteiger partial charge < -0.3 is 19.1 Å². The van der Waals surface area contributed by atoms with E-state index >= 15 is 0 Å². The van der Waals surface area contributed by atoms with Gasteiger partial charge in [-0.2, -0.15) is 0 Å². The molecule has 0 radical (unpaired) electrons. The first kappa shape index (κ1) is 18.7. The minimum Gasteiger partial charge on any atom is -0.373 e. The van der Waals surface area contributed by atoms with Crippen molar-refractivity contribution in [1.82, 2.24) is 9.88 Å². The summed E-state index contributed by atoms with van der Waals surface area (Å²) < 4.78 is 17.7. The molecule has 1 atom stereocenters. The Morgan fingerprint density at radius 1 is 1.24 bits per heavy atom. The molecular weight excluding hydrogens is 368 g/mol. The summed E-state index contributed by atoms with van der Waals surface area (Å²) in [5.41, 5.74) is 5.01. The van der Waals surface area contributed by atoms with E-state index in [2.05, 4.69) is 11.1 Å². The van der Waals surface area contributed by atoms with Crippen molar-refractivity contribution in [2.24, 2.45) is 0 Å². The lowest BCUT2D eigenvalue weighted by Crippen LogP contribution is -2.67. The number of benzene rings is 1. The third-order valence-electron chi connectivity index (χ3n) is 6.08. The number of carbonyl (C=O) groups excluding carboxylic acids is 1. The first-order chi connectivity index (χ1) is 14.1. The SMILES string of the molecule is Cc1cncc(CO[C@H]2CCOC3(C2)CN(C(=O)c2ccc4c(c2)COC4)C3)c1. The van der Waals surface area contributed by atoms with Gasteiger partial charge in [-0.15, -0.1) is 0 Å². The van der Waals surface area contributed by atoms with Crippen LogP contribution in [0.2, 0.25) is 0 Å². The summed E-state index contributed by atoms with van der Waals surface area (Å²) >= 11 is 0. The van der Waals surface area contributed by atoms with Crippen LogP contribution in [0.5, 0.6) is 0 Å². The predicted molar refractivity (Wildman–Crippen MR) is 106 cm³/mol. The Labute approximate surface area is 170 Å². The number of aromatic nitrogens is 1. The number of carbonyl (C=O) groups is 1. The van der Waals surface area contributed by atoms with Crippen molar-refractivity contribution in [3.05, 3.63) is 64.5 Å². The average Bonchev–Trinajstić information content (AvgIpc) is 3.18. The predicted octanol–water partition coefficient (Wildman–Crippen LogP) is 3.01. The van der Waals surface area contributed by atoms with Gasteiger partial charge in [0.2, 0.25) is 0 Å². The highest BCUT2D eigenvalue weighted by atomic mass is 16.5. The van der Waals surface area contributed by atoms with Crippen LogP contribution >= 0.6 is 0 Å². The van der Waals surface area contributed by atoms with Crippen LogP contribution in [0.1, 0.15) is 45.5 Å². The largest absolute Gasteiger partial charge is 0.373 e. The van der Waals surface area contributed by atoms with Crippen molar-refractivity contribution in [2.75, 3.05) is 19.7 Å². The molecule has 0 N–H and O–H groups in total. The number of nitrogens with zero attached hydrogens (tertiary/aromatic N) is 2. The molecule has 4 heterocycles. The molecule has 5 rings (SSSR count). The Hall–Kier alpha value is -2.28. The third kappa shape index (κ3) is 3.80. The summed E-state index contributed by atoms with van der Waals surface area (Å²) in [6.45, 7) is 5.78. The van der Waals surface area contributed by atoms with Gasteiger partial charge in [0.25, 0.3) is 5.91 Å². The number of pyridine rings is 1. The summed E-state index contributed by atoms with van der Waals surface area (Å²) in [6, 6.07) is 7.99. The second kappa shape index (κ2) is 7.52. The zero-order valence-electron chi connectivity index (χ0n) is 16.7. The number of ether oxygens (including phenoxy) is 3. The highest BCUT2D eigenvalue weighted by molar-refractivity contribution is 5.95. The van der Waals surface area contributed by atoms with Gasteiger partial charge in [0, 0.05) is 31.0 Å². The Balaban J connectivity index is 1.17. The van der Waals surface area contributed by atoms with Crippen molar-refractivity contribution in [2.45, 2.75) is 51.3 Å². The molecule has 6 heteroatoms. The minimum atomic E-state index is -0.261. The topological polar surface area (TPSA) is 60.9 Å². The normalized spacial score (nSPS) is 22.4. The maximum absolute atomic E-state index is 12.9. The van der Waals surface area contributed by atoms with Crippen LogP contribution in [0, 0.1) is 6.92 Å². The lowest BCUT2D eigenvalue weighted by atomic mass is 9.84. The van der Waals surface area contributed by atoms with E-state index in [0.29, 0.717) is 39.5 Å². The Morgan fingerprint density at radius 2 is 2.10 bits per heavy atom. The molecule has 0 aliphatic carbocycles. The van der Waals surface area contributed by atoms with E-state index in [1.807, 2.05) is 42.4 Å². The van der Waals surface area contributed by atoms with Gasteiger partial charge in [-0.3, -0.25) is 9.78 Å². The molecule has 0 unspecified atom stereocenters. The average molecular weight is 394 g/mol. The van der Waals surface area contributed by atoms with Crippen LogP contribution in [0.3, 0.4) is 0 Å². The number of hydrogen-bond acceptors (Lipinski definition) is 5. The monoisotopic (exact) mass is 394 g/mol. The number of likely N-dealkylation sites (tertiary alicyclic amines) is 1. The van der Waals surface area contributed by atoms with E-state index in [-0.39, 0.29) is 17.6 Å². The molecule has 1 amide bonds. The van der Waals surface area contributed by atoms with Crippen LogP contribution < -0.4 is 0 Å². The molecular formula is C23H26N2O4. The summed E-state index contributed by atoms with van der Waals surface area (Å²) in [6.07, 6.45) is 5.57. The van der Waals surface area contributed by atoms with Crippen molar-refractivity contribution in [1.29, 1.82) is 0 Å². The number of rotatable bonds is 4. The molecule has 1 aromatic heterocycles. The molecule has 3 aliphatic heterocycles. The van der Waals surface area contributed by atoms with E-state index in [4.69, 9.17) is 14.2 Å². The lowest BCUT2D eigenvalue weighted by molar-refractivity contribution is -0.188. The van der Waals surface area contributed by atoms with Crippen molar-refractivity contribution in [3.8, 4) is 0 Å². The molecule has 2 aromatic rings. The van der Waals surface area contributed by atoms with Gasteiger partial charge in [-0.05, 0) is 47.7 Å². The maximum atomic E-state index is 12.9. The van der Waals surface area contributed by atoms with Crippen LogP contribution in [0.25, 0.3) is 0 Å². The highest BCUT2D eigenvalue weighted by Crippen LogP contribution is 2.36. The van der Waals surface area contributed by atoms with Gasteiger partial charge in [0.05, 0.1) is 39.0 Å². The van der Waals surface area contributed by atoms with Crippen molar-refractivity contribution in [3.63, 3.8) is 0 Å². The van der Waals surface area contributed by atoms with Gasteiger partial charge in [-0.25, -0.2) is 0 Å². The summed E-state index contributed by atoms with van der Waals surface area (Å²) in [7, 11) is 0. The van der Waals surface area contributed by atoms with Crippen LogP contribution in [-0.4, -0.2) is 47.2 Å². The van der Waals surface area contributed by atoms with Gasteiger partial charge in [0.1, 0.15) is 5.60 Å². The Bertz CT molecular complexity index is 923. The quantitative estimate of drug-likeness (QED) is 0.798.